The molecule has 0 spiro atoms. The molecular weight excluding hydrogens is 408 g/mol. The van der Waals surface area contributed by atoms with Crippen molar-refractivity contribution in [1.82, 2.24) is 9.55 Å². The normalized spacial score (nSPS) is 11.3. The fourth-order valence-corrected chi connectivity index (χ4v) is 3.81. The monoisotopic (exact) mass is 432 g/mol. The van der Waals surface area contributed by atoms with Gasteiger partial charge in [-0.15, -0.1) is 0 Å². The molecule has 4 nitrogen and oxygen atoms in total. The van der Waals surface area contributed by atoms with Gasteiger partial charge in [-0.25, -0.2) is 4.98 Å². The van der Waals surface area contributed by atoms with Crippen LogP contribution in [0.3, 0.4) is 0 Å². The van der Waals surface area contributed by atoms with E-state index in [0.717, 1.165) is 22.4 Å². The number of hydrogen-bond acceptors (Lipinski definition) is 3. The highest BCUT2D eigenvalue weighted by atomic mass is 35.5. The third-order valence-corrected chi connectivity index (χ3v) is 5.58. The van der Waals surface area contributed by atoms with Crippen LogP contribution in [0.4, 0.5) is 0 Å². The van der Waals surface area contributed by atoms with Gasteiger partial charge in [-0.1, -0.05) is 49.7 Å². The summed E-state index contributed by atoms with van der Waals surface area (Å²) in [5.74, 6) is 1.83. The second kappa shape index (κ2) is 8.94. The molecule has 1 heterocycles. The summed E-state index contributed by atoms with van der Waals surface area (Å²) in [6.07, 6.45) is 0. The van der Waals surface area contributed by atoms with Crippen molar-refractivity contribution in [2.24, 2.45) is 0 Å². The zero-order chi connectivity index (χ0) is 22.0. The van der Waals surface area contributed by atoms with Gasteiger partial charge in [0.05, 0.1) is 17.4 Å². The summed E-state index contributed by atoms with van der Waals surface area (Å²) < 4.78 is 7.84. The molecule has 0 bridgehead atoms. The average Bonchev–Trinajstić information content (AvgIpc) is 2.75. The molecule has 0 fully saturated rings. The minimum atomic E-state index is -0.0764. The van der Waals surface area contributed by atoms with Crippen LogP contribution in [-0.2, 0) is 6.54 Å². The third kappa shape index (κ3) is 4.49. The van der Waals surface area contributed by atoms with Crippen LogP contribution in [0.2, 0.25) is 5.02 Å². The van der Waals surface area contributed by atoms with E-state index < -0.39 is 0 Å². The standard InChI is InChI=1S/C26H25ClN2O2/c1-17(2)21-13-8-18(3)16-24(21)31-15-14-29-25(19-9-11-20(27)12-10-19)28-23-7-5-4-6-22(23)26(29)30/h4-13,16-17H,14-15H2,1-3H3. The Bertz CT molecular complexity index is 1280. The van der Waals surface area contributed by atoms with E-state index in [-0.39, 0.29) is 5.56 Å². The Morgan fingerprint density at radius 2 is 1.77 bits per heavy atom. The van der Waals surface area contributed by atoms with Gasteiger partial charge in [0.25, 0.3) is 5.56 Å². The van der Waals surface area contributed by atoms with Crippen LogP contribution in [0, 0.1) is 6.92 Å². The van der Waals surface area contributed by atoms with Gasteiger partial charge in [-0.2, -0.15) is 0 Å². The second-order valence-corrected chi connectivity index (χ2v) is 8.40. The number of ether oxygens (including phenoxy) is 1. The Morgan fingerprint density at radius 3 is 2.52 bits per heavy atom. The van der Waals surface area contributed by atoms with E-state index in [1.165, 1.54) is 0 Å². The topological polar surface area (TPSA) is 44.1 Å². The molecule has 0 N–H and O–H groups in total. The molecule has 0 aliphatic rings. The Hall–Kier alpha value is -3.11. The summed E-state index contributed by atoms with van der Waals surface area (Å²) in [5, 5.41) is 1.24. The van der Waals surface area contributed by atoms with E-state index in [0.29, 0.717) is 40.8 Å². The zero-order valence-corrected chi connectivity index (χ0v) is 18.7. The lowest BCUT2D eigenvalue weighted by Crippen LogP contribution is -2.26. The van der Waals surface area contributed by atoms with Crippen LogP contribution in [-0.4, -0.2) is 16.2 Å². The molecule has 0 saturated carbocycles. The minimum absolute atomic E-state index is 0.0764. The van der Waals surface area contributed by atoms with Crippen molar-refractivity contribution in [2.75, 3.05) is 6.61 Å². The van der Waals surface area contributed by atoms with Crippen molar-refractivity contribution in [3.63, 3.8) is 0 Å². The Balaban J connectivity index is 1.71. The van der Waals surface area contributed by atoms with Crippen molar-refractivity contribution >= 4 is 22.5 Å². The van der Waals surface area contributed by atoms with Gasteiger partial charge in [0.2, 0.25) is 0 Å². The van der Waals surface area contributed by atoms with Crippen LogP contribution < -0.4 is 10.3 Å². The maximum absolute atomic E-state index is 13.3. The number of hydrogen-bond donors (Lipinski definition) is 0. The van der Waals surface area contributed by atoms with E-state index in [1.54, 1.807) is 16.7 Å². The summed E-state index contributed by atoms with van der Waals surface area (Å²) in [5.41, 5.74) is 3.74. The van der Waals surface area contributed by atoms with Gasteiger partial charge in [-0.3, -0.25) is 9.36 Å². The summed E-state index contributed by atoms with van der Waals surface area (Å²) in [7, 11) is 0. The molecule has 1 aromatic heterocycles. The van der Waals surface area contributed by atoms with E-state index in [4.69, 9.17) is 21.3 Å². The van der Waals surface area contributed by atoms with Gasteiger partial charge in [0.15, 0.2) is 0 Å². The van der Waals surface area contributed by atoms with Crippen molar-refractivity contribution in [2.45, 2.75) is 33.2 Å². The SMILES string of the molecule is Cc1ccc(C(C)C)c(OCCn2c(-c3ccc(Cl)cc3)nc3ccccc3c2=O)c1. The van der Waals surface area contributed by atoms with Gasteiger partial charge in [0, 0.05) is 10.6 Å². The second-order valence-electron chi connectivity index (χ2n) is 7.96. The minimum Gasteiger partial charge on any atom is -0.491 e. The largest absolute Gasteiger partial charge is 0.491 e. The predicted octanol–water partition coefficient (Wildman–Crippen LogP) is 6.23. The Labute approximate surface area is 187 Å². The van der Waals surface area contributed by atoms with Gasteiger partial charge >= 0.3 is 0 Å². The molecular formula is C26H25ClN2O2. The van der Waals surface area contributed by atoms with Gasteiger partial charge in [-0.05, 0) is 66.4 Å². The molecule has 0 aliphatic heterocycles. The molecule has 4 rings (SSSR count). The first-order valence-corrected chi connectivity index (χ1v) is 10.8. The van der Waals surface area contributed by atoms with Crippen molar-refractivity contribution in [3.05, 3.63) is 93.2 Å². The Kier molecular flexibility index (Phi) is 6.10. The van der Waals surface area contributed by atoms with Crippen LogP contribution in [0.25, 0.3) is 22.3 Å². The highest BCUT2D eigenvalue weighted by Gasteiger charge is 2.14. The number of benzene rings is 3. The summed E-state index contributed by atoms with van der Waals surface area (Å²) in [6, 6.07) is 21.1. The molecule has 4 aromatic rings. The number of aryl methyl sites for hydroxylation is 1. The number of halogens is 1. The zero-order valence-electron chi connectivity index (χ0n) is 17.9. The molecule has 0 amide bonds. The van der Waals surface area contributed by atoms with Crippen molar-refractivity contribution < 1.29 is 4.74 Å². The van der Waals surface area contributed by atoms with Crippen LogP contribution in [0.15, 0.2) is 71.5 Å². The average molecular weight is 433 g/mol. The summed E-state index contributed by atoms with van der Waals surface area (Å²) >= 11 is 6.06. The molecule has 0 unspecified atom stereocenters. The van der Waals surface area contributed by atoms with Crippen LogP contribution in [0.5, 0.6) is 5.75 Å². The Morgan fingerprint density at radius 1 is 1.03 bits per heavy atom. The van der Waals surface area contributed by atoms with Crippen molar-refractivity contribution in [3.8, 4) is 17.1 Å². The lowest BCUT2D eigenvalue weighted by Gasteiger charge is -2.17. The lowest BCUT2D eigenvalue weighted by molar-refractivity contribution is 0.293. The van der Waals surface area contributed by atoms with Gasteiger partial charge < -0.3 is 4.74 Å². The first kappa shape index (κ1) is 21.1. The number of nitrogens with zero attached hydrogens (tertiary/aromatic N) is 2. The van der Waals surface area contributed by atoms with Crippen LogP contribution >= 0.6 is 11.6 Å². The number of aromatic nitrogens is 2. The summed E-state index contributed by atoms with van der Waals surface area (Å²) in [4.78, 5) is 18.1. The maximum atomic E-state index is 13.3. The summed E-state index contributed by atoms with van der Waals surface area (Å²) in [6.45, 7) is 7.10. The molecule has 3 aromatic carbocycles. The van der Waals surface area contributed by atoms with Crippen molar-refractivity contribution in [1.29, 1.82) is 0 Å². The molecule has 158 valence electrons. The number of para-hydroxylation sites is 1. The molecule has 31 heavy (non-hydrogen) atoms. The lowest BCUT2D eigenvalue weighted by atomic mass is 10.0. The quantitative estimate of drug-likeness (QED) is 0.363. The first-order chi connectivity index (χ1) is 14.9. The molecule has 5 heteroatoms. The molecule has 0 radical (unpaired) electrons. The van der Waals surface area contributed by atoms with E-state index in [9.17, 15) is 4.79 Å². The molecule has 0 saturated heterocycles. The predicted molar refractivity (Wildman–Crippen MR) is 127 cm³/mol. The van der Waals surface area contributed by atoms with Crippen LogP contribution in [0.1, 0.15) is 30.9 Å². The number of fused-ring (bicyclic) bond motifs is 1. The molecule has 0 atom stereocenters. The maximum Gasteiger partial charge on any atom is 0.261 e. The van der Waals surface area contributed by atoms with Gasteiger partial charge in [0.1, 0.15) is 18.2 Å². The fourth-order valence-electron chi connectivity index (χ4n) is 3.69. The first-order valence-electron chi connectivity index (χ1n) is 10.4. The smallest absolute Gasteiger partial charge is 0.261 e. The highest BCUT2D eigenvalue weighted by Crippen LogP contribution is 2.28. The molecule has 0 aliphatic carbocycles. The highest BCUT2D eigenvalue weighted by molar-refractivity contribution is 6.30. The third-order valence-electron chi connectivity index (χ3n) is 5.33. The number of rotatable bonds is 6. The van der Waals surface area contributed by atoms with E-state index in [2.05, 4.69) is 32.0 Å². The van der Waals surface area contributed by atoms with E-state index >= 15 is 0 Å². The van der Waals surface area contributed by atoms with E-state index in [1.807, 2.05) is 43.3 Å². The fraction of sp³-hybridized carbons (Fsp3) is 0.231.